The first kappa shape index (κ1) is 16.3. The maximum absolute atomic E-state index is 12.9. The van der Waals surface area contributed by atoms with Gasteiger partial charge in [0.05, 0.1) is 0 Å². The van der Waals surface area contributed by atoms with Crippen LogP contribution < -0.4 is 0 Å². The molecule has 1 fully saturated rings. The molecule has 0 aliphatic carbocycles. The van der Waals surface area contributed by atoms with Gasteiger partial charge in [-0.1, -0.05) is 11.6 Å². The summed E-state index contributed by atoms with van der Waals surface area (Å²) >= 11 is 6.05. The molecule has 4 nitrogen and oxygen atoms in total. The highest BCUT2D eigenvalue weighted by molar-refractivity contribution is 6.31. The monoisotopic (exact) mass is 334 g/mol. The molecule has 1 aliphatic heterocycles. The van der Waals surface area contributed by atoms with E-state index in [1.165, 1.54) is 0 Å². The number of amides is 1. The molecule has 0 unspecified atom stereocenters. The van der Waals surface area contributed by atoms with Crippen LogP contribution in [0.2, 0.25) is 5.02 Å². The predicted octanol–water partition coefficient (Wildman–Crippen LogP) is 3.95. The molecule has 3 rings (SSSR count). The van der Waals surface area contributed by atoms with Crippen LogP contribution in [0.5, 0.6) is 0 Å². The zero-order valence-electron chi connectivity index (χ0n) is 14.1. The number of piperidine rings is 1. The summed E-state index contributed by atoms with van der Waals surface area (Å²) in [6.07, 6.45) is 1.98. The highest BCUT2D eigenvalue weighted by atomic mass is 35.5. The molecule has 1 saturated heterocycles. The number of hydrogen-bond acceptors (Lipinski definition) is 3. The van der Waals surface area contributed by atoms with Crippen LogP contribution in [0.15, 0.2) is 22.6 Å². The van der Waals surface area contributed by atoms with E-state index in [0.717, 1.165) is 30.3 Å². The van der Waals surface area contributed by atoms with Gasteiger partial charge in [0, 0.05) is 41.6 Å². The second-order valence-electron chi connectivity index (χ2n) is 6.62. The number of nitrogens with zero attached hydrogens (tertiary/aromatic N) is 2. The van der Waals surface area contributed by atoms with Crippen LogP contribution in [0.1, 0.15) is 35.9 Å². The fraction of sp³-hybridized carbons (Fsp3) is 0.500. The Hall–Kier alpha value is -1.52. The SMILES string of the molecule is Cc1c(C(=O)N(C)[C@H]2CCN(C)[C@H](C)C2)oc2ccc(Cl)cc12. The third kappa shape index (κ3) is 2.98. The Bertz CT molecular complexity index is 740. The predicted molar refractivity (Wildman–Crippen MR) is 93.2 cm³/mol. The van der Waals surface area contributed by atoms with Crippen LogP contribution >= 0.6 is 11.6 Å². The lowest BCUT2D eigenvalue weighted by Gasteiger charge is -2.39. The van der Waals surface area contributed by atoms with Crippen molar-refractivity contribution in [2.45, 2.75) is 38.8 Å². The molecule has 1 aliphatic rings. The molecule has 5 heteroatoms. The lowest BCUT2D eigenvalue weighted by molar-refractivity contribution is 0.0570. The van der Waals surface area contributed by atoms with Crippen LogP contribution in [0, 0.1) is 6.92 Å². The summed E-state index contributed by atoms with van der Waals surface area (Å²) in [5.41, 5.74) is 1.57. The average molecular weight is 335 g/mol. The molecule has 0 spiro atoms. The smallest absolute Gasteiger partial charge is 0.289 e. The molecule has 1 amide bonds. The third-order valence-corrected chi connectivity index (χ3v) is 5.38. The van der Waals surface area contributed by atoms with Crippen molar-refractivity contribution in [3.8, 4) is 0 Å². The van der Waals surface area contributed by atoms with Crippen LogP contribution in [0.4, 0.5) is 0 Å². The van der Waals surface area contributed by atoms with Gasteiger partial charge in [0.25, 0.3) is 5.91 Å². The molecule has 0 radical (unpaired) electrons. The van der Waals surface area contributed by atoms with Gasteiger partial charge in [0.2, 0.25) is 0 Å². The van der Waals surface area contributed by atoms with E-state index in [1.54, 1.807) is 6.07 Å². The number of benzene rings is 1. The summed E-state index contributed by atoms with van der Waals surface area (Å²) in [5, 5.41) is 1.56. The van der Waals surface area contributed by atoms with E-state index in [-0.39, 0.29) is 11.9 Å². The van der Waals surface area contributed by atoms with Crippen LogP contribution in [-0.2, 0) is 0 Å². The molecule has 2 aromatic rings. The Kier molecular flexibility index (Phi) is 4.39. The molecule has 1 aromatic carbocycles. The van der Waals surface area contributed by atoms with Gasteiger partial charge < -0.3 is 14.2 Å². The Morgan fingerprint density at radius 1 is 1.43 bits per heavy atom. The van der Waals surface area contributed by atoms with E-state index in [4.69, 9.17) is 16.0 Å². The van der Waals surface area contributed by atoms with Crippen molar-refractivity contribution in [3.05, 3.63) is 34.5 Å². The van der Waals surface area contributed by atoms with Gasteiger partial charge in [-0.2, -0.15) is 0 Å². The second-order valence-corrected chi connectivity index (χ2v) is 7.06. The minimum Gasteiger partial charge on any atom is -0.451 e. The Balaban J connectivity index is 1.86. The van der Waals surface area contributed by atoms with Gasteiger partial charge in [0.1, 0.15) is 5.58 Å². The highest BCUT2D eigenvalue weighted by Gasteiger charge is 2.30. The van der Waals surface area contributed by atoms with Crippen molar-refractivity contribution in [1.82, 2.24) is 9.80 Å². The molecule has 2 atom stereocenters. The maximum Gasteiger partial charge on any atom is 0.289 e. The normalized spacial score (nSPS) is 22.5. The average Bonchev–Trinajstić information content (AvgIpc) is 2.85. The summed E-state index contributed by atoms with van der Waals surface area (Å²) in [6, 6.07) is 6.19. The number of aryl methyl sites for hydroxylation is 1. The molecule has 0 N–H and O–H groups in total. The molecule has 23 heavy (non-hydrogen) atoms. The Morgan fingerprint density at radius 2 is 2.17 bits per heavy atom. The van der Waals surface area contributed by atoms with E-state index in [9.17, 15) is 4.79 Å². The third-order valence-electron chi connectivity index (χ3n) is 5.14. The van der Waals surface area contributed by atoms with E-state index in [0.29, 0.717) is 22.4 Å². The summed E-state index contributed by atoms with van der Waals surface area (Å²) in [6.45, 7) is 5.14. The number of carbonyl (C=O) groups is 1. The van der Waals surface area contributed by atoms with Crippen molar-refractivity contribution in [2.24, 2.45) is 0 Å². The fourth-order valence-electron chi connectivity index (χ4n) is 3.34. The fourth-order valence-corrected chi connectivity index (χ4v) is 3.51. The summed E-state index contributed by atoms with van der Waals surface area (Å²) in [4.78, 5) is 17.1. The van der Waals surface area contributed by atoms with Gasteiger partial charge in [0.15, 0.2) is 5.76 Å². The number of likely N-dealkylation sites (tertiary alicyclic amines) is 1. The summed E-state index contributed by atoms with van der Waals surface area (Å²) in [7, 11) is 4.01. The van der Waals surface area contributed by atoms with E-state index < -0.39 is 0 Å². The van der Waals surface area contributed by atoms with Crippen molar-refractivity contribution < 1.29 is 9.21 Å². The highest BCUT2D eigenvalue weighted by Crippen LogP contribution is 2.30. The number of rotatable bonds is 2. The zero-order valence-corrected chi connectivity index (χ0v) is 14.9. The second kappa shape index (κ2) is 6.17. The quantitative estimate of drug-likeness (QED) is 0.834. The number of fused-ring (bicyclic) bond motifs is 1. The molecule has 2 heterocycles. The van der Waals surface area contributed by atoms with Crippen LogP contribution in [0.25, 0.3) is 11.0 Å². The summed E-state index contributed by atoms with van der Waals surface area (Å²) in [5.74, 6) is 0.382. The van der Waals surface area contributed by atoms with Crippen molar-refractivity contribution in [2.75, 3.05) is 20.6 Å². The van der Waals surface area contributed by atoms with Gasteiger partial charge in [-0.3, -0.25) is 4.79 Å². The van der Waals surface area contributed by atoms with Gasteiger partial charge in [-0.15, -0.1) is 0 Å². The summed E-state index contributed by atoms with van der Waals surface area (Å²) < 4.78 is 5.82. The zero-order chi connectivity index (χ0) is 16.7. The van der Waals surface area contributed by atoms with Crippen molar-refractivity contribution in [3.63, 3.8) is 0 Å². The topological polar surface area (TPSA) is 36.7 Å². The van der Waals surface area contributed by atoms with Crippen LogP contribution in [0.3, 0.4) is 0 Å². The first-order valence-electron chi connectivity index (χ1n) is 8.04. The lowest BCUT2D eigenvalue weighted by atomic mass is 9.97. The molecular formula is C18H23ClN2O2. The van der Waals surface area contributed by atoms with Crippen LogP contribution in [-0.4, -0.2) is 48.4 Å². The van der Waals surface area contributed by atoms with Gasteiger partial charge in [-0.25, -0.2) is 0 Å². The number of hydrogen-bond donors (Lipinski definition) is 0. The molecular weight excluding hydrogens is 312 g/mol. The molecule has 0 bridgehead atoms. The largest absolute Gasteiger partial charge is 0.451 e. The van der Waals surface area contributed by atoms with E-state index in [2.05, 4.69) is 18.9 Å². The van der Waals surface area contributed by atoms with Crippen molar-refractivity contribution >= 4 is 28.5 Å². The standard InChI is InChI=1S/C18H23ClN2O2/c1-11-9-14(7-8-20(11)3)21(4)18(22)17-12(2)15-10-13(19)5-6-16(15)23-17/h5-6,10-11,14H,7-9H2,1-4H3/t11-,14+/m1/s1. The maximum atomic E-state index is 12.9. The molecule has 124 valence electrons. The van der Waals surface area contributed by atoms with Gasteiger partial charge in [-0.05, 0) is 51.9 Å². The number of furan rings is 1. The Morgan fingerprint density at radius 3 is 2.87 bits per heavy atom. The molecule has 1 aromatic heterocycles. The number of halogens is 1. The number of carbonyl (C=O) groups excluding carboxylic acids is 1. The first-order chi connectivity index (χ1) is 10.9. The minimum atomic E-state index is -0.0448. The van der Waals surface area contributed by atoms with Crippen molar-refractivity contribution in [1.29, 1.82) is 0 Å². The van der Waals surface area contributed by atoms with Gasteiger partial charge >= 0.3 is 0 Å². The van der Waals surface area contributed by atoms with E-state index in [1.807, 2.05) is 31.0 Å². The van der Waals surface area contributed by atoms with E-state index >= 15 is 0 Å². The first-order valence-corrected chi connectivity index (χ1v) is 8.42. The minimum absolute atomic E-state index is 0.0448. The molecule has 0 saturated carbocycles. The Labute approximate surface area is 142 Å². The lowest BCUT2D eigenvalue weighted by Crippen LogP contribution is -2.48.